The average molecular weight is 261 g/mol. The monoisotopic (exact) mass is 261 g/mol. The number of carbonyl (C=O) groups is 1. The highest BCUT2D eigenvalue weighted by Crippen LogP contribution is 2.36. The van der Waals surface area contributed by atoms with Gasteiger partial charge in [-0.05, 0) is 38.1 Å². The van der Waals surface area contributed by atoms with Crippen molar-refractivity contribution in [2.45, 2.75) is 31.2 Å². The van der Waals surface area contributed by atoms with Crippen molar-refractivity contribution >= 4 is 15.8 Å². The van der Waals surface area contributed by atoms with Crippen molar-refractivity contribution in [1.82, 2.24) is 5.32 Å². The highest BCUT2D eigenvalue weighted by molar-refractivity contribution is 7.91. The van der Waals surface area contributed by atoms with E-state index in [-0.39, 0.29) is 23.4 Å². The van der Waals surface area contributed by atoms with E-state index in [1.165, 1.54) is 7.11 Å². The lowest BCUT2D eigenvalue weighted by molar-refractivity contribution is -0.150. The fourth-order valence-electron chi connectivity index (χ4n) is 3.02. The minimum absolute atomic E-state index is 0.0842. The molecular weight excluding hydrogens is 242 g/mol. The molecule has 98 valence electrons. The lowest BCUT2D eigenvalue weighted by Crippen LogP contribution is -2.56. The van der Waals surface area contributed by atoms with E-state index in [0.29, 0.717) is 12.8 Å². The molecule has 0 aromatic heterocycles. The standard InChI is InChI=1S/C11H19NO4S/c1-16-10(13)11(5-2-6-12-11)9-3-7-17(14,15)8-4-9/h9,12H,2-8H2,1H3. The van der Waals surface area contributed by atoms with Gasteiger partial charge >= 0.3 is 5.97 Å². The van der Waals surface area contributed by atoms with Crippen LogP contribution >= 0.6 is 0 Å². The molecule has 0 spiro atoms. The molecular formula is C11H19NO4S. The van der Waals surface area contributed by atoms with Crippen LogP contribution in [-0.4, -0.2) is 45.1 Å². The summed E-state index contributed by atoms with van der Waals surface area (Å²) in [4.78, 5) is 12.0. The first-order chi connectivity index (χ1) is 8.00. The van der Waals surface area contributed by atoms with Gasteiger partial charge in [0.1, 0.15) is 15.4 Å². The molecule has 2 fully saturated rings. The second-order valence-electron chi connectivity index (χ2n) is 4.92. The van der Waals surface area contributed by atoms with Crippen molar-refractivity contribution in [2.75, 3.05) is 25.2 Å². The molecule has 0 aliphatic carbocycles. The van der Waals surface area contributed by atoms with Gasteiger partial charge in [-0.1, -0.05) is 0 Å². The zero-order chi connectivity index (χ0) is 12.5. The topological polar surface area (TPSA) is 72.5 Å². The minimum atomic E-state index is -2.88. The van der Waals surface area contributed by atoms with Crippen LogP contribution in [0.5, 0.6) is 0 Å². The Morgan fingerprint density at radius 2 is 2.00 bits per heavy atom. The Bertz CT molecular complexity index is 384. The number of sulfone groups is 1. The Hall–Kier alpha value is -0.620. The van der Waals surface area contributed by atoms with Gasteiger partial charge in [-0.2, -0.15) is 0 Å². The van der Waals surface area contributed by atoms with Gasteiger partial charge in [-0.15, -0.1) is 0 Å². The number of carbonyl (C=O) groups excluding carboxylic acids is 1. The Morgan fingerprint density at radius 3 is 2.47 bits per heavy atom. The van der Waals surface area contributed by atoms with Crippen LogP contribution in [0.15, 0.2) is 0 Å². The van der Waals surface area contributed by atoms with Crippen LogP contribution in [0.1, 0.15) is 25.7 Å². The second kappa shape index (κ2) is 4.57. The number of methoxy groups -OCH3 is 1. The summed E-state index contributed by atoms with van der Waals surface area (Å²) in [5, 5.41) is 3.25. The minimum Gasteiger partial charge on any atom is -0.468 e. The summed E-state index contributed by atoms with van der Waals surface area (Å²) in [5.41, 5.74) is -0.634. The quantitative estimate of drug-likeness (QED) is 0.714. The van der Waals surface area contributed by atoms with E-state index in [0.717, 1.165) is 19.4 Å². The molecule has 1 N–H and O–H groups in total. The van der Waals surface area contributed by atoms with Crippen molar-refractivity contribution in [3.05, 3.63) is 0 Å². The van der Waals surface area contributed by atoms with E-state index >= 15 is 0 Å². The summed E-state index contributed by atoms with van der Waals surface area (Å²) in [6.07, 6.45) is 2.82. The van der Waals surface area contributed by atoms with Gasteiger partial charge < -0.3 is 10.1 Å². The molecule has 17 heavy (non-hydrogen) atoms. The third-order valence-electron chi connectivity index (χ3n) is 3.99. The predicted molar refractivity (Wildman–Crippen MR) is 63.4 cm³/mol. The maximum Gasteiger partial charge on any atom is 0.326 e. The first kappa shape index (κ1) is 12.8. The predicted octanol–water partition coefficient (Wildman–Crippen LogP) is 0.106. The van der Waals surface area contributed by atoms with E-state index in [4.69, 9.17) is 4.74 Å². The molecule has 2 heterocycles. The first-order valence-electron chi connectivity index (χ1n) is 6.04. The van der Waals surface area contributed by atoms with Crippen LogP contribution in [0.25, 0.3) is 0 Å². The van der Waals surface area contributed by atoms with E-state index in [2.05, 4.69) is 5.32 Å². The maximum atomic E-state index is 12.0. The lowest BCUT2D eigenvalue weighted by atomic mass is 9.79. The van der Waals surface area contributed by atoms with Crippen LogP contribution in [-0.2, 0) is 19.4 Å². The SMILES string of the molecule is COC(=O)C1(C2CCS(=O)(=O)CC2)CCCN1. The van der Waals surface area contributed by atoms with E-state index in [1.54, 1.807) is 0 Å². The van der Waals surface area contributed by atoms with Gasteiger partial charge in [0.05, 0.1) is 18.6 Å². The highest BCUT2D eigenvalue weighted by atomic mass is 32.2. The van der Waals surface area contributed by atoms with Crippen LogP contribution < -0.4 is 5.32 Å². The van der Waals surface area contributed by atoms with Crippen LogP contribution in [0.2, 0.25) is 0 Å². The van der Waals surface area contributed by atoms with E-state index in [1.807, 2.05) is 0 Å². The fourth-order valence-corrected chi connectivity index (χ4v) is 4.51. The third kappa shape index (κ3) is 2.33. The molecule has 2 aliphatic rings. The average Bonchev–Trinajstić information content (AvgIpc) is 2.78. The Kier molecular flexibility index (Phi) is 3.45. The zero-order valence-corrected chi connectivity index (χ0v) is 10.9. The van der Waals surface area contributed by atoms with Crippen LogP contribution in [0.4, 0.5) is 0 Å². The largest absolute Gasteiger partial charge is 0.468 e. The van der Waals surface area contributed by atoms with Crippen molar-refractivity contribution in [3.63, 3.8) is 0 Å². The molecule has 0 aromatic rings. The van der Waals surface area contributed by atoms with Gasteiger partial charge in [-0.25, -0.2) is 8.42 Å². The van der Waals surface area contributed by atoms with E-state index < -0.39 is 15.4 Å². The summed E-state index contributed by atoms with van der Waals surface area (Å²) < 4.78 is 27.7. The summed E-state index contributed by atoms with van der Waals surface area (Å²) in [6, 6.07) is 0. The molecule has 0 amide bonds. The normalized spacial score (nSPS) is 33.5. The molecule has 2 rings (SSSR count). The lowest BCUT2D eigenvalue weighted by Gasteiger charge is -2.37. The molecule has 5 nitrogen and oxygen atoms in total. The highest BCUT2D eigenvalue weighted by Gasteiger charge is 2.49. The number of hydrogen-bond acceptors (Lipinski definition) is 5. The Morgan fingerprint density at radius 1 is 1.35 bits per heavy atom. The molecule has 1 unspecified atom stereocenters. The molecule has 0 saturated carbocycles. The molecule has 2 saturated heterocycles. The van der Waals surface area contributed by atoms with Crippen molar-refractivity contribution in [3.8, 4) is 0 Å². The molecule has 1 atom stereocenters. The Labute approximate surface area is 102 Å². The van der Waals surface area contributed by atoms with E-state index in [9.17, 15) is 13.2 Å². The van der Waals surface area contributed by atoms with Crippen molar-refractivity contribution in [2.24, 2.45) is 5.92 Å². The van der Waals surface area contributed by atoms with Crippen molar-refractivity contribution < 1.29 is 17.9 Å². The number of ether oxygens (including phenoxy) is 1. The molecule has 0 radical (unpaired) electrons. The fraction of sp³-hybridized carbons (Fsp3) is 0.909. The first-order valence-corrected chi connectivity index (χ1v) is 7.86. The van der Waals surface area contributed by atoms with Gasteiger partial charge in [-0.3, -0.25) is 4.79 Å². The van der Waals surface area contributed by atoms with Gasteiger partial charge in [0.25, 0.3) is 0 Å². The smallest absolute Gasteiger partial charge is 0.326 e. The molecule has 0 aromatic carbocycles. The molecule has 6 heteroatoms. The molecule has 0 bridgehead atoms. The van der Waals surface area contributed by atoms with Crippen LogP contribution in [0.3, 0.4) is 0 Å². The Balaban J connectivity index is 2.16. The van der Waals surface area contributed by atoms with Crippen molar-refractivity contribution in [1.29, 1.82) is 0 Å². The van der Waals surface area contributed by atoms with Crippen LogP contribution in [0, 0.1) is 5.92 Å². The third-order valence-corrected chi connectivity index (χ3v) is 5.70. The van der Waals surface area contributed by atoms with Gasteiger partial charge in [0, 0.05) is 0 Å². The number of rotatable bonds is 2. The van der Waals surface area contributed by atoms with Gasteiger partial charge in [0.15, 0.2) is 0 Å². The zero-order valence-electron chi connectivity index (χ0n) is 10.1. The molecule has 2 aliphatic heterocycles. The summed E-state index contributed by atoms with van der Waals surface area (Å²) in [6.45, 7) is 0.804. The summed E-state index contributed by atoms with van der Waals surface area (Å²) in [5.74, 6) is 0.233. The summed E-state index contributed by atoms with van der Waals surface area (Å²) >= 11 is 0. The second-order valence-corrected chi connectivity index (χ2v) is 7.22. The number of hydrogen-bond donors (Lipinski definition) is 1. The summed E-state index contributed by atoms with van der Waals surface area (Å²) in [7, 11) is -1.49. The number of esters is 1. The van der Waals surface area contributed by atoms with Gasteiger partial charge in [0.2, 0.25) is 0 Å². The maximum absolute atomic E-state index is 12.0. The number of nitrogens with one attached hydrogen (secondary N) is 1.